The lowest BCUT2D eigenvalue weighted by atomic mass is 10.2. The summed E-state index contributed by atoms with van der Waals surface area (Å²) in [5, 5.41) is 3.33. The number of piperazine rings is 1. The number of benzene rings is 1. The molecule has 1 heterocycles. The quantitative estimate of drug-likeness (QED) is 0.898. The van der Waals surface area contributed by atoms with E-state index in [0.29, 0.717) is 22.5 Å². The van der Waals surface area contributed by atoms with Gasteiger partial charge in [-0.05, 0) is 41.9 Å². The van der Waals surface area contributed by atoms with Gasteiger partial charge in [0.2, 0.25) is 10.0 Å². The van der Waals surface area contributed by atoms with E-state index in [1.165, 1.54) is 0 Å². The SMILES string of the molecule is C[C@H]1CN(S(=O)(=O)c2ccccc2Br)C[C@H](C)N1. The summed E-state index contributed by atoms with van der Waals surface area (Å²) in [5.74, 6) is 0. The van der Waals surface area contributed by atoms with Crippen molar-refractivity contribution < 1.29 is 8.42 Å². The average molecular weight is 333 g/mol. The molecule has 2 rings (SSSR count). The fraction of sp³-hybridized carbons (Fsp3) is 0.500. The summed E-state index contributed by atoms with van der Waals surface area (Å²) in [5.41, 5.74) is 0. The van der Waals surface area contributed by atoms with Crippen LogP contribution in [-0.2, 0) is 10.0 Å². The molecule has 0 radical (unpaired) electrons. The molecule has 6 heteroatoms. The molecule has 0 saturated carbocycles. The fourth-order valence-corrected chi connectivity index (χ4v) is 4.85. The molecular weight excluding hydrogens is 316 g/mol. The van der Waals surface area contributed by atoms with Crippen LogP contribution in [-0.4, -0.2) is 37.9 Å². The molecular formula is C12H17BrN2O2S. The lowest BCUT2D eigenvalue weighted by Gasteiger charge is -2.35. The van der Waals surface area contributed by atoms with Crippen LogP contribution in [0.2, 0.25) is 0 Å². The molecule has 18 heavy (non-hydrogen) atoms. The number of nitrogens with one attached hydrogen (secondary N) is 1. The van der Waals surface area contributed by atoms with Crippen molar-refractivity contribution in [2.75, 3.05) is 13.1 Å². The van der Waals surface area contributed by atoms with E-state index in [1.54, 1.807) is 22.5 Å². The van der Waals surface area contributed by atoms with E-state index in [2.05, 4.69) is 21.2 Å². The minimum absolute atomic E-state index is 0.172. The molecule has 0 aliphatic carbocycles. The van der Waals surface area contributed by atoms with Gasteiger partial charge in [0.05, 0.1) is 4.90 Å². The van der Waals surface area contributed by atoms with Crippen LogP contribution < -0.4 is 5.32 Å². The third-order valence-corrected chi connectivity index (χ3v) is 5.82. The molecule has 1 fully saturated rings. The first-order valence-corrected chi connectivity index (χ1v) is 8.15. The summed E-state index contributed by atoms with van der Waals surface area (Å²) in [7, 11) is -3.41. The zero-order valence-electron chi connectivity index (χ0n) is 10.4. The summed E-state index contributed by atoms with van der Waals surface area (Å²) < 4.78 is 27.3. The van der Waals surface area contributed by atoms with Gasteiger partial charge in [0.15, 0.2) is 0 Å². The summed E-state index contributed by atoms with van der Waals surface area (Å²) >= 11 is 3.31. The summed E-state index contributed by atoms with van der Waals surface area (Å²) in [6.07, 6.45) is 0. The van der Waals surface area contributed by atoms with Crippen molar-refractivity contribution in [2.45, 2.75) is 30.8 Å². The van der Waals surface area contributed by atoms with Gasteiger partial charge in [-0.3, -0.25) is 0 Å². The standard InChI is InChI=1S/C12H17BrN2O2S/c1-9-7-15(8-10(2)14-9)18(16,17)12-6-4-3-5-11(12)13/h3-6,9-10,14H,7-8H2,1-2H3/t9-,10-/m0/s1. The van der Waals surface area contributed by atoms with E-state index >= 15 is 0 Å². The predicted molar refractivity (Wildman–Crippen MR) is 75.0 cm³/mol. The van der Waals surface area contributed by atoms with Crippen molar-refractivity contribution >= 4 is 26.0 Å². The van der Waals surface area contributed by atoms with Crippen LogP contribution in [0.3, 0.4) is 0 Å². The Labute approximate surface area is 117 Å². The third-order valence-electron chi connectivity index (χ3n) is 2.98. The first kappa shape index (κ1) is 14.0. The van der Waals surface area contributed by atoms with Gasteiger partial charge in [-0.25, -0.2) is 8.42 Å². The van der Waals surface area contributed by atoms with Crippen molar-refractivity contribution in [3.63, 3.8) is 0 Å². The number of halogens is 1. The first-order chi connectivity index (χ1) is 8.41. The van der Waals surface area contributed by atoms with Gasteiger partial charge in [0.1, 0.15) is 0 Å². The Morgan fingerprint density at radius 2 is 1.78 bits per heavy atom. The number of rotatable bonds is 2. The van der Waals surface area contributed by atoms with Crippen molar-refractivity contribution in [3.05, 3.63) is 28.7 Å². The summed E-state index contributed by atoms with van der Waals surface area (Å²) in [6, 6.07) is 7.29. The first-order valence-electron chi connectivity index (χ1n) is 5.92. The second-order valence-corrected chi connectivity index (χ2v) is 7.48. The van der Waals surface area contributed by atoms with Gasteiger partial charge in [-0.15, -0.1) is 0 Å². The van der Waals surface area contributed by atoms with Gasteiger partial charge < -0.3 is 5.32 Å². The molecule has 1 aromatic carbocycles. The van der Waals surface area contributed by atoms with Gasteiger partial charge in [-0.2, -0.15) is 4.31 Å². The van der Waals surface area contributed by atoms with Crippen LogP contribution in [0.4, 0.5) is 0 Å². The van der Waals surface area contributed by atoms with Crippen molar-refractivity contribution in [1.82, 2.24) is 9.62 Å². The van der Waals surface area contributed by atoms with Gasteiger partial charge in [-0.1, -0.05) is 12.1 Å². The van der Waals surface area contributed by atoms with Crippen LogP contribution in [0.1, 0.15) is 13.8 Å². The minimum atomic E-state index is -3.41. The highest BCUT2D eigenvalue weighted by molar-refractivity contribution is 9.10. The molecule has 0 spiro atoms. The van der Waals surface area contributed by atoms with Crippen molar-refractivity contribution in [3.8, 4) is 0 Å². The molecule has 0 unspecified atom stereocenters. The molecule has 1 aliphatic heterocycles. The van der Waals surface area contributed by atoms with Crippen LogP contribution in [0.25, 0.3) is 0 Å². The minimum Gasteiger partial charge on any atom is -0.309 e. The molecule has 0 aromatic heterocycles. The Hall–Kier alpha value is -0.430. The number of sulfonamides is 1. The van der Waals surface area contributed by atoms with Crippen LogP contribution >= 0.6 is 15.9 Å². The Morgan fingerprint density at radius 1 is 1.22 bits per heavy atom. The van der Waals surface area contributed by atoms with Crippen molar-refractivity contribution in [2.24, 2.45) is 0 Å². The Balaban J connectivity index is 2.34. The van der Waals surface area contributed by atoms with Crippen LogP contribution in [0.15, 0.2) is 33.6 Å². The van der Waals surface area contributed by atoms with E-state index in [-0.39, 0.29) is 12.1 Å². The smallest absolute Gasteiger partial charge is 0.244 e. The maximum Gasteiger partial charge on any atom is 0.244 e. The molecule has 1 N–H and O–H groups in total. The molecule has 100 valence electrons. The lowest BCUT2D eigenvalue weighted by Crippen LogP contribution is -2.55. The zero-order chi connectivity index (χ0) is 13.3. The second-order valence-electron chi connectivity index (χ2n) is 4.72. The zero-order valence-corrected chi connectivity index (χ0v) is 12.8. The molecule has 0 amide bonds. The number of nitrogens with zero attached hydrogens (tertiary/aromatic N) is 1. The second kappa shape index (κ2) is 5.28. The molecule has 2 atom stereocenters. The average Bonchev–Trinajstić information content (AvgIpc) is 2.28. The Morgan fingerprint density at radius 3 is 2.33 bits per heavy atom. The molecule has 4 nitrogen and oxygen atoms in total. The molecule has 1 aromatic rings. The number of hydrogen-bond acceptors (Lipinski definition) is 3. The molecule has 1 saturated heterocycles. The monoisotopic (exact) mass is 332 g/mol. The maximum absolute atomic E-state index is 12.6. The van der Waals surface area contributed by atoms with Gasteiger partial charge in [0, 0.05) is 29.6 Å². The van der Waals surface area contributed by atoms with E-state index in [4.69, 9.17) is 0 Å². The fourth-order valence-electron chi connectivity index (χ4n) is 2.27. The number of hydrogen-bond donors (Lipinski definition) is 1. The van der Waals surface area contributed by atoms with E-state index in [1.807, 2.05) is 19.9 Å². The topological polar surface area (TPSA) is 49.4 Å². The van der Waals surface area contributed by atoms with Gasteiger partial charge >= 0.3 is 0 Å². The lowest BCUT2D eigenvalue weighted by molar-refractivity contribution is 0.263. The summed E-state index contributed by atoms with van der Waals surface area (Å²) in [6.45, 7) is 5.01. The highest BCUT2D eigenvalue weighted by Crippen LogP contribution is 2.25. The van der Waals surface area contributed by atoms with Gasteiger partial charge in [0.25, 0.3) is 0 Å². The van der Waals surface area contributed by atoms with E-state index in [9.17, 15) is 8.42 Å². The highest BCUT2D eigenvalue weighted by Gasteiger charge is 2.32. The largest absolute Gasteiger partial charge is 0.309 e. The van der Waals surface area contributed by atoms with Crippen molar-refractivity contribution in [1.29, 1.82) is 0 Å². The predicted octanol–water partition coefficient (Wildman–Crippen LogP) is 1.82. The van der Waals surface area contributed by atoms with Crippen LogP contribution in [0, 0.1) is 0 Å². The molecule has 1 aliphatic rings. The Bertz CT molecular complexity index is 523. The highest BCUT2D eigenvalue weighted by atomic mass is 79.9. The van der Waals surface area contributed by atoms with E-state index in [0.717, 1.165) is 0 Å². The van der Waals surface area contributed by atoms with Crippen LogP contribution in [0.5, 0.6) is 0 Å². The third kappa shape index (κ3) is 2.77. The normalized spacial score (nSPS) is 26.2. The Kier molecular flexibility index (Phi) is 4.11. The van der Waals surface area contributed by atoms with E-state index < -0.39 is 10.0 Å². The maximum atomic E-state index is 12.6. The summed E-state index contributed by atoms with van der Waals surface area (Å²) in [4.78, 5) is 0.339. The molecule has 0 bridgehead atoms.